The van der Waals surface area contributed by atoms with Crippen LogP contribution in [0.2, 0.25) is 0 Å². The predicted octanol–water partition coefficient (Wildman–Crippen LogP) is 5.66. The minimum absolute atomic E-state index is 0.241. The fourth-order valence-corrected chi connectivity index (χ4v) is 4.54. The van der Waals surface area contributed by atoms with E-state index in [1.807, 2.05) is 85.7 Å². The number of carbonyl (C=O) groups is 2. The number of carbonyl (C=O) groups excluding carboxylic acids is 2. The summed E-state index contributed by atoms with van der Waals surface area (Å²) in [6.45, 7) is 0.934. The van der Waals surface area contributed by atoms with E-state index in [4.69, 9.17) is 4.99 Å². The zero-order chi connectivity index (χ0) is 23.1. The first-order chi connectivity index (χ1) is 15.9. The normalized spacial score (nSPS) is 13.8. The van der Waals surface area contributed by atoms with E-state index in [-0.39, 0.29) is 11.8 Å². The number of benzene rings is 4. The lowest BCUT2D eigenvalue weighted by Crippen LogP contribution is -2.43. The van der Waals surface area contributed by atoms with Crippen LogP contribution in [0.15, 0.2) is 76.2 Å². The Hall–Kier alpha value is -3.35. The third-order valence-corrected chi connectivity index (χ3v) is 6.44. The SMILES string of the molecule is CN(C)CCN1C(=O)c2cccc3cc4cccc(N=Cc5ccc(Br)cc5)c4c(c23)C1=O. The van der Waals surface area contributed by atoms with Crippen LogP contribution in [0.3, 0.4) is 0 Å². The molecular weight excluding hydrogens is 478 g/mol. The molecule has 1 aliphatic heterocycles. The molecule has 1 aliphatic rings. The molecule has 33 heavy (non-hydrogen) atoms. The van der Waals surface area contributed by atoms with Crippen LogP contribution in [0.1, 0.15) is 26.3 Å². The second-order valence-corrected chi connectivity index (χ2v) is 9.32. The lowest BCUT2D eigenvalue weighted by atomic mass is 9.89. The van der Waals surface area contributed by atoms with Crippen LogP contribution >= 0.6 is 15.9 Å². The van der Waals surface area contributed by atoms with Crippen molar-refractivity contribution in [2.75, 3.05) is 27.2 Å². The van der Waals surface area contributed by atoms with E-state index in [0.717, 1.165) is 26.2 Å². The molecule has 0 saturated heterocycles. The van der Waals surface area contributed by atoms with Crippen LogP contribution in [-0.4, -0.2) is 55.0 Å². The van der Waals surface area contributed by atoms with Gasteiger partial charge in [0.05, 0.1) is 11.3 Å². The van der Waals surface area contributed by atoms with Crippen molar-refractivity contribution in [1.82, 2.24) is 9.80 Å². The minimum Gasteiger partial charge on any atom is -0.308 e. The van der Waals surface area contributed by atoms with E-state index < -0.39 is 0 Å². The van der Waals surface area contributed by atoms with Gasteiger partial charge in [0.2, 0.25) is 0 Å². The number of imide groups is 1. The number of nitrogens with zero attached hydrogens (tertiary/aromatic N) is 3. The maximum Gasteiger partial charge on any atom is 0.262 e. The summed E-state index contributed by atoms with van der Waals surface area (Å²) >= 11 is 3.45. The molecule has 5 nitrogen and oxygen atoms in total. The molecule has 4 aromatic carbocycles. The van der Waals surface area contributed by atoms with Gasteiger partial charge in [-0.2, -0.15) is 0 Å². The Morgan fingerprint density at radius 2 is 1.61 bits per heavy atom. The van der Waals surface area contributed by atoms with Gasteiger partial charge in [0.15, 0.2) is 0 Å². The first kappa shape index (κ1) is 21.5. The van der Waals surface area contributed by atoms with Gasteiger partial charge in [0, 0.05) is 40.1 Å². The maximum atomic E-state index is 13.7. The van der Waals surface area contributed by atoms with E-state index in [1.54, 1.807) is 6.21 Å². The van der Waals surface area contributed by atoms with Gasteiger partial charge < -0.3 is 4.90 Å². The molecule has 0 aliphatic carbocycles. The number of halogens is 1. The topological polar surface area (TPSA) is 53.0 Å². The maximum absolute atomic E-state index is 13.7. The Bertz CT molecular complexity index is 1440. The Labute approximate surface area is 200 Å². The van der Waals surface area contributed by atoms with Gasteiger partial charge >= 0.3 is 0 Å². The number of rotatable bonds is 5. The van der Waals surface area contributed by atoms with Crippen molar-refractivity contribution < 1.29 is 9.59 Å². The molecular formula is C27H22BrN3O2. The summed E-state index contributed by atoms with van der Waals surface area (Å²) in [7, 11) is 3.86. The van der Waals surface area contributed by atoms with Gasteiger partial charge in [0.25, 0.3) is 11.8 Å². The summed E-state index contributed by atoms with van der Waals surface area (Å²) in [5, 5.41) is 3.30. The van der Waals surface area contributed by atoms with Crippen LogP contribution in [0.25, 0.3) is 21.5 Å². The summed E-state index contributed by atoms with van der Waals surface area (Å²) in [6, 6.07) is 21.4. The minimum atomic E-state index is -0.262. The number of hydrogen-bond acceptors (Lipinski definition) is 4. The molecule has 6 heteroatoms. The number of aliphatic imine (C=N–C) groups is 1. The fraction of sp³-hybridized carbons (Fsp3) is 0.148. The van der Waals surface area contributed by atoms with E-state index in [2.05, 4.69) is 15.9 Å². The fourth-order valence-electron chi connectivity index (χ4n) is 4.28. The highest BCUT2D eigenvalue weighted by atomic mass is 79.9. The first-order valence-corrected chi connectivity index (χ1v) is 11.5. The van der Waals surface area contributed by atoms with E-state index in [1.165, 1.54) is 4.90 Å². The first-order valence-electron chi connectivity index (χ1n) is 10.7. The smallest absolute Gasteiger partial charge is 0.262 e. The van der Waals surface area contributed by atoms with Crippen molar-refractivity contribution in [3.05, 3.63) is 87.9 Å². The second-order valence-electron chi connectivity index (χ2n) is 8.41. The molecule has 5 rings (SSSR count). The van der Waals surface area contributed by atoms with E-state index >= 15 is 0 Å². The molecule has 2 amide bonds. The summed E-state index contributed by atoms with van der Waals surface area (Å²) in [6.07, 6.45) is 1.80. The molecule has 0 unspecified atom stereocenters. The zero-order valence-corrected chi connectivity index (χ0v) is 20.0. The second kappa shape index (κ2) is 8.54. The lowest BCUT2D eigenvalue weighted by molar-refractivity contribution is 0.0602. The highest BCUT2D eigenvalue weighted by molar-refractivity contribution is 9.10. The standard InChI is InChI=1S/C27H22BrN3O2/c1-30(2)13-14-31-26(32)21-7-3-5-18-15-19-6-4-8-22(24(19)25(23(18)21)27(31)33)29-16-17-9-11-20(28)12-10-17/h3-12,15-16H,13-14H2,1-2H3. The van der Waals surface area contributed by atoms with Crippen molar-refractivity contribution in [1.29, 1.82) is 0 Å². The molecule has 0 saturated carbocycles. The van der Waals surface area contributed by atoms with Crippen LogP contribution < -0.4 is 0 Å². The highest BCUT2D eigenvalue weighted by Crippen LogP contribution is 2.39. The van der Waals surface area contributed by atoms with Gasteiger partial charge in [-0.25, -0.2) is 0 Å². The van der Waals surface area contributed by atoms with Crippen LogP contribution in [0, 0.1) is 0 Å². The number of hydrogen-bond donors (Lipinski definition) is 0. The largest absolute Gasteiger partial charge is 0.308 e. The van der Waals surface area contributed by atoms with Crippen molar-refractivity contribution in [2.45, 2.75) is 0 Å². The molecule has 0 bridgehead atoms. The third kappa shape index (κ3) is 3.86. The average Bonchev–Trinajstić information content (AvgIpc) is 2.80. The number of fused-ring (bicyclic) bond motifs is 2. The summed E-state index contributed by atoms with van der Waals surface area (Å²) in [5.41, 5.74) is 2.78. The Morgan fingerprint density at radius 1 is 0.909 bits per heavy atom. The summed E-state index contributed by atoms with van der Waals surface area (Å²) < 4.78 is 1.00. The lowest BCUT2D eigenvalue weighted by Gasteiger charge is -2.29. The predicted molar refractivity (Wildman–Crippen MR) is 137 cm³/mol. The monoisotopic (exact) mass is 499 g/mol. The molecule has 0 aromatic heterocycles. The molecule has 0 spiro atoms. The average molecular weight is 500 g/mol. The van der Waals surface area contributed by atoms with Crippen LogP contribution in [0.4, 0.5) is 5.69 Å². The molecule has 164 valence electrons. The number of likely N-dealkylation sites (N-methyl/N-ethyl adjacent to an activating group) is 1. The van der Waals surface area contributed by atoms with Gasteiger partial charge in [-0.3, -0.25) is 19.5 Å². The Morgan fingerprint density at radius 3 is 2.33 bits per heavy atom. The highest BCUT2D eigenvalue weighted by Gasteiger charge is 2.34. The van der Waals surface area contributed by atoms with Crippen molar-refractivity contribution >= 4 is 61.2 Å². The zero-order valence-electron chi connectivity index (χ0n) is 18.4. The molecule has 0 atom stereocenters. The summed E-state index contributed by atoms with van der Waals surface area (Å²) in [5.74, 6) is -0.502. The molecule has 0 fully saturated rings. The summed E-state index contributed by atoms with van der Waals surface area (Å²) in [4.78, 5) is 35.1. The molecule has 0 N–H and O–H groups in total. The van der Waals surface area contributed by atoms with Crippen molar-refractivity contribution in [3.8, 4) is 0 Å². The van der Waals surface area contributed by atoms with E-state index in [0.29, 0.717) is 35.3 Å². The van der Waals surface area contributed by atoms with Crippen molar-refractivity contribution in [2.24, 2.45) is 4.99 Å². The molecule has 0 radical (unpaired) electrons. The van der Waals surface area contributed by atoms with Gasteiger partial charge in [-0.1, -0.05) is 52.3 Å². The quantitative estimate of drug-likeness (QED) is 0.202. The van der Waals surface area contributed by atoms with Crippen LogP contribution in [-0.2, 0) is 0 Å². The Balaban J connectivity index is 1.73. The third-order valence-electron chi connectivity index (χ3n) is 5.91. The van der Waals surface area contributed by atoms with E-state index in [9.17, 15) is 9.59 Å². The van der Waals surface area contributed by atoms with Crippen molar-refractivity contribution in [3.63, 3.8) is 0 Å². The molecule has 4 aromatic rings. The van der Waals surface area contributed by atoms with Gasteiger partial charge in [-0.05, 0) is 60.8 Å². The van der Waals surface area contributed by atoms with Gasteiger partial charge in [-0.15, -0.1) is 0 Å². The molecule has 1 heterocycles. The van der Waals surface area contributed by atoms with Gasteiger partial charge in [0.1, 0.15) is 0 Å². The number of amides is 2. The Kier molecular flexibility index (Phi) is 5.56. The van der Waals surface area contributed by atoms with Crippen LogP contribution in [0.5, 0.6) is 0 Å².